The van der Waals surface area contributed by atoms with Crippen LogP contribution in [0.3, 0.4) is 0 Å². The highest BCUT2D eigenvalue weighted by atomic mass is 32.1. The monoisotopic (exact) mass is 397 g/mol. The summed E-state index contributed by atoms with van der Waals surface area (Å²) in [5.41, 5.74) is 2.06. The molecule has 27 heavy (non-hydrogen) atoms. The SMILES string of the molecule is COc1ccc(NC(=O)C(C#N)=Cc2csc(-c3ccsc3)n2)cc1OC. The van der Waals surface area contributed by atoms with Gasteiger partial charge in [-0.3, -0.25) is 4.79 Å². The number of amides is 1. The maximum atomic E-state index is 12.4. The number of nitriles is 1. The first kappa shape index (κ1) is 18.6. The number of ether oxygens (including phenoxy) is 2. The fourth-order valence-corrected chi connectivity index (χ4v) is 3.77. The summed E-state index contributed by atoms with van der Waals surface area (Å²) in [6.45, 7) is 0. The highest BCUT2D eigenvalue weighted by Gasteiger charge is 2.13. The largest absolute Gasteiger partial charge is 0.493 e. The number of carbonyl (C=O) groups excluding carboxylic acids is 1. The van der Waals surface area contributed by atoms with Crippen LogP contribution in [-0.4, -0.2) is 25.1 Å². The van der Waals surface area contributed by atoms with Gasteiger partial charge in [-0.05, 0) is 29.7 Å². The van der Waals surface area contributed by atoms with E-state index in [1.807, 2.05) is 28.3 Å². The molecule has 2 aromatic heterocycles. The maximum absolute atomic E-state index is 12.4. The number of carbonyl (C=O) groups is 1. The van der Waals surface area contributed by atoms with Crippen molar-refractivity contribution in [2.24, 2.45) is 0 Å². The standard InChI is InChI=1S/C19H15N3O3S2/c1-24-16-4-3-14(8-17(16)25-2)21-18(23)13(9-20)7-15-11-27-19(22-15)12-5-6-26-10-12/h3-8,10-11H,1-2H3,(H,21,23). The second-order valence-corrected chi connectivity index (χ2v) is 6.92. The number of hydrogen-bond donors (Lipinski definition) is 1. The number of methoxy groups -OCH3 is 2. The fourth-order valence-electron chi connectivity index (χ4n) is 2.28. The van der Waals surface area contributed by atoms with Gasteiger partial charge in [0.05, 0.1) is 19.9 Å². The average molecular weight is 397 g/mol. The summed E-state index contributed by atoms with van der Waals surface area (Å²) < 4.78 is 10.4. The lowest BCUT2D eigenvalue weighted by Gasteiger charge is -2.10. The Morgan fingerprint density at radius 1 is 1.22 bits per heavy atom. The van der Waals surface area contributed by atoms with Crippen molar-refractivity contribution in [2.45, 2.75) is 0 Å². The van der Waals surface area contributed by atoms with Crippen LogP contribution in [0.1, 0.15) is 5.69 Å². The van der Waals surface area contributed by atoms with Gasteiger partial charge in [-0.25, -0.2) is 4.98 Å². The molecule has 1 amide bonds. The third-order valence-electron chi connectivity index (χ3n) is 3.59. The zero-order valence-electron chi connectivity index (χ0n) is 14.6. The van der Waals surface area contributed by atoms with Crippen molar-refractivity contribution in [3.05, 3.63) is 51.7 Å². The molecule has 0 saturated heterocycles. The van der Waals surface area contributed by atoms with Gasteiger partial charge in [0.2, 0.25) is 0 Å². The molecule has 0 radical (unpaired) electrons. The number of rotatable bonds is 6. The van der Waals surface area contributed by atoms with Crippen molar-refractivity contribution in [3.8, 4) is 28.1 Å². The molecule has 0 aliphatic rings. The number of nitrogens with one attached hydrogen (secondary N) is 1. The topological polar surface area (TPSA) is 84.2 Å². The summed E-state index contributed by atoms with van der Waals surface area (Å²) in [6, 6.07) is 8.88. The molecular formula is C19H15N3O3S2. The molecule has 0 bridgehead atoms. The van der Waals surface area contributed by atoms with Crippen molar-refractivity contribution in [2.75, 3.05) is 19.5 Å². The van der Waals surface area contributed by atoms with Crippen LogP contribution in [0.5, 0.6) is 11.5 Å². The molecule has 0 aliphatic heterocycles. The smallest absolute Gasteiger partial charge is 0.266 e. The molecule has 2 heterocycles. The van der Waals surface area contributed by atoms with Crippen LogP contribution in [-0.2, 0) is 4.79 Å². The lowest BCUT2D eigenvalue weighted by atomic mass is 10.2. The van der Waals surface area contributed by atoms with Gasteiger partial charge in [0.15, 0.2) is 11.5 Å². The van der Waals surface area contributed by atoms with E-state index in [1.165, 1.54) is 31.6 Å². The minimum atomic E-state index is -0.519. The number of aromatic nitrogens is 1. The van der Waals surface area contributed by atoms with Gasteiger partial charge in [-0.1, -0.05) is 0 Å². The molecule has 1 aromatic carbocycles. The van der Waals surface area contributed by atoms with Crippen LogP contribution in [0.25, 0.3) is 16.6 Å². The number of thiophene rings is 1. The zero-order chi connectivity index (χ0) is 19.2. The van der Waals surface area contributed by atoms with Gasteiger partial charge >= 0.3 is 0 Å². The first-order valence-corrected chi connectivity index (χ1v) is 9.60. The summed E-state index contributed by atoms with van der Waals surface area (Å²) in [5, 5.41) is 18.7. The maximum Gasteiger partial charge on any atom is 0.266 e. The third kappa shape index (κ3) is 4.34. The zero-order valence-corrected chi connectivity index (χ0v) is 16.2. The molecule has 3 aromatic rings. The van der Waals surface area contributed by atoms with Crippen molar-refractivity contribution in [3.63, 3.8) is 0 Å². The molecule has 0 unspecified atom stereocenters. The highest BCUT2D eigenvalue weighted by molar-refractivity contribution is 7.14. The molecule has 3 rings (SSSR count). The van der Waals surface area contributed by atoms with E-state index >= 15 is 0 Å². The fraction of sp³-hybridized carbons (Fsp3) is 0.105. The van der Waals surface area contributed by atoms with E-state index < -0.39 is 5.91 Å². The summed E-state index contributed by atoms with van der Waals surface area (Å²) in [6.07, 6.45) is 1.47. The third-order valence-corrected chi connectivity index (χ3v) is 5.18. The Labute approximate surface area is 164 Å². The molecule has 0 saturated carbocycles. The predicted octanol–water partition coefficient (Wildman–Crippen LogP) is 4.43. The lowest BCUT2D eigenvalue weighted by molar-refractivity contribution is -0.112. The molecule has 6 nitrogen and oxygen atoms in total. The molecule has 0 spiro atoms. The highest BCUT2D eigenvalue weighted by Crippen LogP contribution is 2.30. The van der Waals surface area contributed by atoms with E-state index in [-0.39, 0.29) is 5.57 Å². The first-order chi connectivity index (χ1) is 13.1. The Bertz CT molecular complexity index is 1020. The van der Waals surface area contributed by atoms with Gasteiger partial charge in [0.25, 0.3) is 5.91 Å². The molecule has 1 N–H and O–H groups in total. The van der Waals surface area contributed by atoms with Crippen LogP contribution in [0.2, 0.25) is 0 Å². The number of benzene rings is 1. The van der Waals surface area contributed by atoms with Crippen molar-refractivity contribution in [1.29, 1.82) is 5.26 Å². The molecule has 0 aliphatic carbocycles. The second-order valence-electron chi connectivity index (χ2n) is 5.28. The molecule has 8 heteroatoms. The predicted molar refractivity (Wildman–Crippen MR) is 107 cm³/mol. The van der Waals surface area contributed by atoms with E-state index in [4.69, 9.17) is 9.47 Å². The van der Waals surface area contributed by atoms with E-state index in [2.05, 4.69) is 10.3 Å². The number of nitrogens with zero attached hydrogens (tertiary/aromatic N) is 2. The van der Waals surface area contributed by atoms with Crippen LogP contribution in [0.4, 0.5) is 5.69 Å². The number of anilines is 1. The van der Waals surface area contributed by atoms with Crippen molar-refractivity contribution >= 4 is 40.3 Å². The quantitative estimate of drug-likeness (QED) is 0.491. The Morgan fingerprint density at radius 3 is 2.70 bits per heavy atom. The van der Waals surface area contributed by atoms with Gasteiger partial charge in [-0.15, -0.1) is 11.3 Å². The van der Waals surface area contributed by atoms with Crippen molar-refractivity contribution < 1.29 is 14.3 Å². The summed E-state index contributed by atoms with van der Waals surface area (Å²) in [7, 11) is 3.04. The Hall–Kier alpha value is -3.15. The summed E-state index contributed by atoms with van der Waals surface area (Å²) in [4.78, 5) is 16.9. The van der Waals surface area contributed by atoms with Gasteiger partial charge < -0.3 is 14.8 Å². The van der Waals surface area contributed by atoms with E-state index in [0.29, 0.717) is 22.9 Å². The first-order valence-electron chi connectivity index (χ1n) is 7.78. The van der Waals surface area contributed by atoms with Crippen LogP contribution in [0, 0.1) is 11.3 Å². The van der Waals surface area contributed by atoms with Crippen LogP contribution < -0.4 is 14.8 Å². The summed E-state index contributed by atoms with van der Waals surface area (Å²) >= 11 is 3.05. The minimum Gasteiger partial charge on any atom is -0.493 e. The Morgan fingerprint density at radius 2 is 2.04 bits per heavy atom. The average Bonchev–Trinajstić information content (AvgIpc) is 3.37. The van der Waals surface area contributed by atoms with Gasteiger partial charge in [0, 0.05) is 28.1 Å². The molecule has 0 atom stereocenters. The lowest BCUT2D eigenvalue weighted by Crippen LogP contribution is -2.13. The number of hydrogen-bond acceptors (Lipinski definition) is 7. The Kier molecular flexibility index (Phi) is 5.86. The van der Waals surface area contributed by atoms with Crippen molar-refractivity contribution in [1.82, 2.24) is 4.98 Å². The Balaban J connectivity index is 1.78. The van der Waals surface area contributed by atoms with Gasteiger partial charge in [0.1, 0.15) is 16.6 Å². The van der Waals surface area contributed by atoms with E-state index in [0.717, 1.165) is 10.6 Å². The van der Waals surface area contributed by atoms with E-state index in [9.17, 15) is 10.1 Å². The second kappa shape index (κ2) is 8.49. The van der Waals surface area contributed by atoms with Crippen LogP contribution in [0.15, 0.2) is 46.0 Å². The molecular weight excluding hydrogens is 382 g/mol. The van der Waals surface area contributed by atoms with Crippen LogP contribution >= 0.6 is 22.7 Å². The van der Waals surface area contributed by atoms with E-state index in [1.54, 1.807) is 29.5 Å². The normalized spacial score (nSPS) is 10.9. The molecule has 136 valence electrons. The summed E-state index contributed by atoms with van der Waals surface area (Å²) in [5.74, 6) is 0.516. The minimum absolute atomic E-state index is 0.0352. The number of thiazole rings is 1. The molecule has 0 fully saturated rings. The van der Waals surface area contributed by atoms with Gasteiger partial charge in [-0.2, -0.15) is 16.6 Å².